The van der Waals surface area contributed by atoms with Crippen molar-refractivity contribution in [2.75, 3.05) is 34.2 Å². The van der Waals surface area contributed by atoms with Crippen molar-refractivity contribution < 1.29 is 18.3 Å². The molecule has 1 amide bonds. The maximum absolute atomic E-state index is 17.9. The predicted octanol–water partition coefficient (Wildman–Crippen LogP) is 7.24. The largest absolute Gasteiger partial charge is 0.472 e. The molecule has 1 aliphatic carbocycles. The van der Waals surface area contributed by atoms with Gasteiger partial charge in [-0.25, -0.2) is 13.8 Å². The van der Waals surface area contributed by atoms with E-state index in [1.165, 1.54) is 12.1 Å². The van der Waals surface area contributed by atoms with Gasteiger partial charge in [-0.05, 0) is 98.3 Å². The number of aromatic nitrogens is 4. The van der Waals surface area contributed by atoms with Gasteiger partial charge >= 0.3 is 0 Å². The van der Waals surface area contributed by atoms with E-state index in [1.54, 1.807) is 49.1 Å². The van der Waals surface area contributed by atoms with Gasteiger partial charge in [-0.2, -0.15) is 10.4 Å². The molecule has 1 saturated carbocycles. The number of carbonyl (C=O) groups is 1. The zero-order valence-electron chi connectivity index (χ0n) is 31.7. The molecular formula is C43H44F2N8O2. The number of fused-ring (bicyclic) bond motifs is 5. The molecule has 12 heteroatoms. The van der Waals surface area contributed by atoms with Crippen molar-refractivity contribution in [3.63, 3.8) is 0 Å². The standard InChI is InChI=1S/C43H44F2N8O2/c1-23(34-12-8-16-51(34)4)55-42-31-20-35(32-22-48-52(5)41(32)43(54)50(2)3)53(39-26-18-33(39)47-21-26)40(31)30-17-25(10-7-15-46)36(37(45)38(30)49-42)28-11-6-9-24-13-14-27(44)19-29(24)28/h6,9,11,13-14,17,19-20,22-23,26,33-34,39,47H,7-8,10,12,16,18,21H2,1-5H3/t23-,26+,33+,34-,39-/m0/s1. The van der Waals surface area contributed by atoms with Crippen LogP contribution in [0.4, 0.5) is 8.78 Å². The van der Waals surface area contributed by atoms with Crippen molar-refractivity contribution in [3.8, 4) is 34.3 Å². The van der Waals surface area contributed by atoms with Crippen molar-refractivity contribution in [1.29, 1.82) is 5.26 Å². The van der Waals surface area contributed by atoms with Gasteiger partial charge < -0.3 is 19.5 Å². The molecule has 0 spiro atoms. The van der Waals surface area contributed by atoms with Gasteiger partial charge in [0.05, 0.1) is 34.9 Å². The topological polar surface area (TPSA) is 104 Å². The molecule has 6 heterocycles. The van der Waals surface area contributed by atoms with Crippen molar-refractivity contribution in [1.82, 2.24) is 34.4 Å². The fraction of sp³-hybridized carbons (Fsp3) is 0.395. The Hall–Kier alpha value is -5.38. The van der Waals surface area contributed by atoms with Gasteiger partial charge in [0.2, 0.25) is 5.88 Å². The van der Waals surface area contributed by atoms with Crippen molar-refractivity contribution in [2.24, 2.45) is 13.0 Å². The van der Waals surface area contributed by atoms with Crippen LogP contribution in [0.2, 0.25) is 0 Å². The van der Waals surface area contributed by atoms with Crippen LogP contribution < -0.4 is 10.1 Å². The van der Waals surface area contributed by atoms with E-state index < -0.39 is 11.6 Å². The zero-order valence-corrected chi connectivity index (χ0v) is 31.7. The highest BCUT2D eigenvalue weighted by molar-refractivity contribution is 6.12. The molecule has 10 nitrogen and oxygen atoms in total. The summed E-state index contributed by atoms with van der Waals surface area (Å²) in [6.45, 7) is 3.87. The van der Waals surface area contributed by atoms with E-state index in [0.29, 0.717) is 50.5 Å². The number of rotatable bonds is 9. The van der Waals surface area contributed by atoms with E-state index in [4.69, 9.17) is 9.72 Å². The second kappa shape index (κ2) is 13.4. The predicted molar refractivity (Wildman–Crippen MR) is 209 cm³/mol. The van der Waals surface area contributed by atoms with E-state index in [-0.39, 0.29) is 48.5 Å². The molecule has 1 N–H and O–H groups in total. The molecule has 55 heavy (non-hydrogen) atoms. The summed E-state index contributed by atoms with van der Waals surface area (Å²) in [5, 5.41) is 20.7. The van der Waals surface area contributed by atoms with Gasteiger partial charge in [0.25, 0.3) is 5.91 Å². The monoisotopic (exact) mass is 742 g/mol. The number of carbonyl (C=O) groups excluding carboxylic acids is 1. The number of amides is 1. The van der Waals surface area contributed by atoms with Crippen molar-refractivity contribution in [3.05, 3.63) is 77.6 Å². The Kier molecular flexibility index (Phi) is 8.62. The first-order chi connectivity index (χ1) is 26.5. The quantitative estimate of drug-likeness (QED) is 0.167. The van der Waals surface area contributed by atoms with E-state index >= 15 is 4.39 Å². The lowest BCUT2D eigenvalue weighted by atomic mass is 9.79. The molecule has 0 unspecified atom stereocenters. The van der Waals surface area contributed by atoms with Crippen LogP contribution in [0.3, 0.4) is 0 Å². The second-order valence-corrected chi connectivity index (χ2v) is 15.8. The summed E-state index contributed by atoms with van der Waals surface area (Å²) in [7, 11) is 7.32. The van der Waals surface area contributed by atoms with Crippen LogP contribution in [0.1, 0.15) is 54.7 Å². The average molecular weight is 743 g/mol. The minimum atomic E-state index is -0.548. The van der Waals surface area contributed by atoms with Crippen molar-refractivity contribution in [2.45, 2.75) is 63.3 Å². The Bertz CT molecular complexity index is 2560. The van der Waals surface area contributed by atoms with E-state index in [1.807, 2.05) is 31.2 Å². The zero-order chi connectivity index (χ0) is 38.3. The number of hydrogen-bond acceptors (Lipinski definition) is 7. The van der Waals surface area contributed by atoms with Gasteiger partial charge in [-0.1, -0.05) is 24.3 Å². The molecule has 4 fully saturated rings. The normalized spacial score (nSPS) is 21.3. The SMILES string of the molecule is C[C@H](Oc1nc2c(F)c(-c3cccc4ccc(F)cc34)c(CCC#N)cc2c2c1cc(-c1cnn(C)c1C(=O)N(C)C)n2[C@H]1[C@H]2CN[C@@H]1C2)[C@@H]1CCCN1C. The molecule has 3 aromatic heterocycles. The number of nitrogens with zero attached hydrogens (tertiary/aromatic N) is 7. The Morgan fingerprint density at radius 2 is 1.95 bits per heavy atom. The summed E-state index contributed by atoms with van der Waals surface area (Å²) >= 11 is 0. The summed E-state index contributed by atoms with van der Waals surface area (Å²) < 4.78 is 43.4. The lowest BCUT2D eigenvalue weighted by Crippen LogP contribution is -2.39. The minimum Gasteiger partial charge on any atom is -0.472 e. The first-order valence-electron chi connectivity index (χ1n) is 19.2. The highest BCUT2D eigenvalue weighted by Crippen LogP contribution is 2.51. The third-order valence-electron chi connectivity index (χ3n) is 12.3. The molecule has 2 bridgehead atoms. The van der Waals surface area contributed by atoms with Gasteiger partial charge in [0, 0.05) is 62.7 Å². The fourth-order valence-corrected chi connectivity index (χ4v) is 9.57. The van der Waals surface area contributed by atoms with E-state index in [0.717, 1.165) is 54.3 Å². The Balaban J connectivity index is 1.39. The van der Waals surface area contributed by atoms with Gasteiger partial charge in [0.1, 0.15) is 23.1 Å². The summed E-state index contributed by atoms with van der Waals surface area (Å²) in [6, 6.07) is 16.7. The number of hydrogen-bond donors (Lipinski definition) is 1. The van der Waals surface area contributed by atoms with Crippen LogP contribution in [0.5, 0.6) is 5.88 Å². The molecule has 3 aliphatic heterocycles. The first kappa shape index (κ1) is 35.3. The Labute approximate surface area is 318 Å². The molecule has 3 saturated heterocycles. The maximum Gasteiger partial charge on any atom is 0.272 e. The molecule has 0 radical (unpaired) electrons. The third-order valence-corrected chi connectivity index (χ3v) is 12.3. The van der Waals surface area contributed by atoms with Gasteiger partial charge in [-0.15, -0.1) is 0 Å². The van der Waals surface area contributed by atoms with Crippen LogP contribution in [0.15, 0.2) is 54.7 Å². The number of pyridine rings is 1. The number of nitrogens with one attached hydrogen (secondary N) is 1. The van der Waals surface area contributed by atoms with Crippen LogP contribution in [-0.4, -0.2) is 87.5 Å². The molecule has 6 aromatic rings. The van der Waals surface area contributed by atoms with E-state index in [9.17, 15) is 14.4 Å². The molecule has 282 valence electrons. The second-order valence-electron chi connectivity index (χ2n) is 15.8. The number of ether oxygens (including phenoxy) is 1. The van der Waals surface area contributed by atoms with E-state index in [2.05, 4.69) is 33.0 Å². The highest BCUT2D eigenvalue weighted by atomic mass is 19.1. The number of likely N-dealkylation sites (N-methyl/N-ethyl adjacent to an activating group) is 1. The molecule has 10 rings (SSSR count). The Morgan fingerprint density at radius 3 is 2.65 bits per heavy atom. The fourth-order valence-electron chi connectivity index (χ4n) is 9.57. The van der Waals surface area contributed by atoms with Gasteiger partial charge in [-0.3, -0.25) is 14.4 Å². The summed E-state index contributed by atoms with van der Waals surface area (Å²) in [4.78, 5) is 22.6. The molecule has 4 aliphatic rings. The Morgan fingerprint density at radius 1 is 1.11 bits per heavy atom. The number of aryl methyl sites for hydroxylation is 2. The molecule has 3 aromatic carbocycles. The lowest BCUT2D eigenvalue weighted by molar-refractivity contribution is 0.0817. The average Bonchev–Trinajstić information content (AvgIpc) is 4.01. The van der Waals surface area contributed by atoms with Crippen LogP contribution >= 0.6 is 0 Å². The third kappa shape index (κ3) is 5.58. The smallest absolute Gasteiger partial charge is 0.272 e. The van der Waals surface area contributed by atoms with Crippen molar-refractivity contribution >= 4 is 38.5 Å². The van der Waals surface area contributed by atoms with Gasteiger partial charge in [0.15, 0.2) is 5.82 Å². The minimum absolute atomic E-state index is 0.0261. The molecule has 5 atom stereocenters. The van der Waals surface area contributed by atoms with Crippen LogP contribution in [-0.2, 0) is 13.5 Å². The number of halogens is 2. The maximum atomic E-state index is 17.9. The first-order valence-corrected chi connectivity index (χ1v) is 19.2. The van der Waals surface area contributed by atoms with Crippen LogP contribution in [0.25, 0.3) is 55.0 Å². The van der Waals surface area contributed by atoms with Crippen LogP contribution in [0, 0.1) is 28.9 Å². The number of benzene rings is 3. The summed E-state index contributed by atoms with van der Waals surface area (Å²) in [6.07, 6.45) is 4.98. The summed E-state index contributed by atoms with van der Waals surface area (Å²) in [5.74, 6) is -0.501. The molecular weight excluding hydrogens is 699 g/mol. The summed E-state index contributed by atoms with van der Waals surface area (Å²) in [5.41, 5.74) is 4.28. The number of nitriles is 1. The number of likely N-dealkylation sites (tertiary alicyclic amines) is 1. The lowest BCUT2D eigenvalue weighted by Gasteiger charge is -2.38. The highest BCUT2D eigenvalue weighted by Gasteiger charge is 2.49.